The molecule has 0 aromatic carbocycles. The van der Waals surface area contributed by atoms with E-state index < -0.39 is 0 Å². The maximum atomic E-state index is 11.0. The van der Waals surface area contributed by atoms with Gasteiger partial charge in [0.05, 0.1) is 12.1 Å². The van der Waals surface area contributed by atoms with E-state index in [9.17, 15) is 5.21 Å². The second-order valence-electron chi connectivity index (χ2n) is 3.05. The first-order valence-electron chi connectivity index (χ1n) is 4.15. The molecule has 2 rings (SSSR count). The highest BCUT2D eigenvalue weighted by Gasteiger charge is 2.25. The molecule has 0 amide bonds. The van der Waals surface area contributed by atoms with Crippen molar-refractivity contribution in [3.05, 3.63) is 35.3 Å². The van der Waals surface area contributed by atoms with Crippen molar-refractivity contribution in [1.82, 2.24) is 4.98 Å². The van der Waals surface area contributed by atoms with E-state index in [1.54, 1.807) is 13.1 Å². The zero-order valence-electron chi connectivity index (χ0n) is 7.30. The summed E-state index contributed by atoms with van der Waals surface area (Å²) in [6.45, 7) is 1.76. The average molecular weight is 178 g/mol. The van der Waals surface area contributed by atoms with Crippen LogP contribution in [0, 0.1) is 5.21 Å². The summed E-state index contributed by atoms with van der Waals surface area (Å²) in [4.78, 5) is 9.73. The molecular weight excluding hydrogens is 168 g/mol. The molecule has 1 aliphatic heterocycles. The van der Waals surface area contributed by atoms with E-state index in [0.29, 0.717) is 17.0 Å². The van der Waals surface area contributed by atoms with Gasteiger partial charge in [-0.2, -0.15) is 0 Å². The van der Waals surface area contributed by atoms with Crippen LogP contribution in [0.15, 0.2) is 24.4 Å². The van der Waals surface area contributed by atoms with Gasteiger partial charge in [-0.3, -0.25) is 10.2 Å². The molecule has 0 fully saturated rings. The van der Waals surface area contributed by atoms with Gasteiger partial charge in [-0.05, 0) is 12.1 Å². The summed E-state index contributed by atoms with van der Waals surface area (Å²) in [6, 6.07) is 5.58. The van der Waals surface area contributed by atoms with Crippen LogP contribution in [0.2, 0.25) is 0 Å². The quantitative estimate of drug-likeness (QED) is 0.611. The Kier molecular flexibility index (Phi) is 1.88. The van der Waals surface area contributed by atoms with Gasteiger partial charge in [0.25, 0.3) is 0 Å². The van der Waals surface area contributed by atoms with Gasteiger partial charge in [0.1, 0.15) is 6.10 Å². The average Bonchev–Trinajstić information content (AvgIpc) is 2.49. The maximum absolute atomic E-state index is 11.0. The Labute approximate surface area is 76.0 Å². The fraction of sp³-hybridized carbons (Fsp3) is 0.333. The largest absolute Gasteiger partial charge is 0.393 e. The van der Waals surface area contributed by atoms with Crippen molar-refractivity contribution in [3.63, 3.8) is 0 Å². The van der Waals surface area contributed by atoms with Crippen molar-refractivity contribution in [2.24, 2.45) is 0 Å². The lowest BCUT2D eigenvalue weighted by molar-refractivity contribution is -0.743. The lowest BCUT2D eigenvalue weighted by Crippen LogP contribution is -2.03. The molecular formula is C9H10N2O2. The Morgan fingerprint density at radius 2 is 2.46 bits per heavy atom. The molecule has 1 aromatic rings. The summed E-state index contributed by atoms with van der Waals surface area (Å²) in [5.41, 5.74) is 1.50. The van der Waals surface area contributed by atoms with Crippen molar-refractivity contribution in [3.8, 4) is 0 Å². The van der Waals surface area contributed by atoms with Gasteiger partial charge in [0.2, 0.25) is 5.71 Å². The van der Waals surface area contributed by atoms with Gasteiger partial charge in [0.15, 0.2) is 0 Å². The van der Waals surface area contributed by atoms with Gasteiger partial charge in [-0.1, -0.05) is 6.07 Å². The molecule has 0 radical (unpaired) electrons. The molecule has 1 aromatic heterocycles. The molecule has 1 unspecified atom stereocenters. The van der Waals surface area contributed by atoms with E-state index >= 15 is 0 Å². The molecule has 2 heterocycles. The van der Waals surface area contributed by atoms with Gasteiger partial charge in [-0.15, -0.1) is 0 Å². The fourth-order valence-electron chi connectivity index (χ4n) is 1.31. The lowest BCUT2D eigenvalue weighted by Gasteiger charge is -2.09. The van der Waals surface area contributed by atoms with Gasteiger partial charge >= 0.3 is 0 Å². The number of nitrogens with zero attached hydrogens (tertiary/aromatic N) is 2. The van der Waals surface area contributed by atoms with Crippen LogP contribution in [-0.4, -0.2) is 15.6 Å². The van der Waals surface area contributed by atoms with Crippen molar-refractivity contribution < 1.29 is 9.74 Å². The molecule has 1 atom stereocenters. The van der Waals surface area contributed by atoms with Crippen LogP contribution in [0.3, 0.4) is 0 Å². The van der Waals surface area contributed by atoms with Crippen molar-refractivity contribution in [1.29, 1.82) is 0 Å². The van der Waals surface area contributed by atoms with Crippen LogP contribution in [0.1, 0.15) is 25.1 Å². The fourth-order valence-corrected chi connectivity index (χ4v) is 1.31. The highest BCUT2D eigenvalue weighted by Crippen LogP contribution is 2.24. The third-order valence-corrected chi connectivity index (χ3v) is 2.03. The Balaban J connectivity index is 2.16. The van der Waals surface area contributed by atoms with Crippen LogP contribution in [0.5, 0.6) is 0 Å². The summed E-state index contributed by atoms with van der Waals surface area (Å²) in [5, 5.41) is 11.0. The first-order valence-corrected chi connectivity index (χ1v) is 4.15. The van der Waals surface area contributed by atoms with Crippen LogP contribution in [0.25, 0.3) is 0 Å². The van der Waals surface area contributed by atoms with Crippen molar-refractivity contribution in [2.75, 3.05) is 0 Å². The smallest absolute Gasteiger partial charge is 0.220 e. The summed E-state index contributed by atoms with van der Waals surface area (Å²) in [6.07, 6.45) is 2.11. The third kappa shape index (κ3) is 1.47. The zero-order chi connectivity index (χ0) is 9.26. The summed E-state index contributed by atoms with van der Waals surface area (Å²) in [7, 11) is 0. The van der Waals surface area contributed by atoms with E-state index in [4.69, 9.17) is 4.84 Å². The minimum atomic E-state index is -0.210. The molecule has 4 nitrogen and oxygen atoms in total. The summed E-state index contributed by atoms with van der Waals surface area (Å²) in [5.74, 6) is 0. The van der Waals surface area contributed by atoms with Crippen molar-refractivity contribution >= 4 is 5.71 Å². The molecule has 68 valence electrons. The molecule has 13 heavy (non-hydrogen) atoms. The van der Waals surface area contributed by atoms with Gasteiger partial charge < -0.3 is 4.84 Å². The predicted octanol–water partition coefficient (Wildman–Crippen LogP) is 1.43. The van der Waals surface area contributed by atoms with E-state index in [0.717, 1.165) is 5.69 Å². The third-order valence-electron chi connectivity index (χ3n) is 2.03. The topological polar surface area (TPSA) is 48.2 Å². The molecule has 0 saturated carbocycles. The molecule has 0 spiro atoms. The first-order chi connectivity index (χ1) is 6.27. The first kappa shape index (κ1) is 8.04. The highest BCUT2D eigenvalue weighted by atomic mass is 16.9. The number of rotatable bonds is 1. The minimum absolute atomic E-state index is 0.210. The Hall–Kier alpha value is -1.58. The lowest BCUT2D eigenvalue weighted by atomic mass is 10.1. The second kappa shape index (κ2) is 3.05. The van der Waals surface area contributed by atoms with E-state index in [1.807, 2.05) is 18.2 Å². The number of aromatic nitrogens is 1. The normalized spacial score (nSPS) is 21.8. The standard InChI is InChI=1S/C9H10N2O2/c1-7-6-9(13-11(7)12)8-4-2-3-5-10-8/h2-5,9H,6H2,1H3. The number of pyridine rings is 1. The molecule has 0 bridgehead atoms. The Morgan fingerprint density at radius 3 is 3.00 bits per heavy atom. The molecule has 4 heteroatoms. The van der Waals surface area contributed by atoms with E-state index in [1.165, 1.54) is 0 Å². The van der Waals surface area contributed by atoms with Crippen LogP contribution >= 0.6 is 0 Å². The Bertz CT molecular complexity index is 321. The van der Waals surface area contributed by atoms with E-state index in [2.05, 4.69) is 4.98 Å². The summed E-state index contributed by atoms with van der Waals surface area (Å²) >= 11 is 0. The molecule has 0 saturated heterocycles. The second-order valence-corrected chi connectivity index (χ2v) is 3.05. The van der Waals surface area contributed by atoms with E-state index in [-0.39, 0.29) is 6.10 Å². The highest BCUT2D eigenvalue weighted by molar-refractivity contribution is 5.78. The van der Waals surface area contributed by atoms with Crippen LogP contribution in [-0.2, 0) is 4.84 Å². The monoisotopic (exact) mass is 178 g/mol. The van der Waals surface area contributed by atoms with Gasteiger partial charge in [0, 0.05) is 18.0 Å². The van der Waals surface area contributed by atoms with Gasteiger partial charge in [-0.25, -0.2) is 0 Å². The van der Waals surface area contributed by atoms with Crippen LogP contribution in [0.4, 0.5) is 0 Å². The zero-order valence-corrected chi connectivity index (χ0v) is 7.30. The Morgan fingerprint density at radius 1 is 1.62 bits per heavy atom. The summed E-state index contributed by atoms with van der Waals surface area (Å²) < 4.78 is 0. The predicted molar refractivity (Wildman–Crippen MR) is 47.0 cm³/mol. The van der Waals surface area contributed by atoms with Crippen LogP contribution < -0.4 is 0 Å². The molecule has 1 aliphatic rings. The maximum Gasteiger partial charge on any atom is 0.220 e. The SMILES string of the molecule is CC1=[N+]([O-])OC(c2ccccn2)C1. The molecule has 0 N–H and O–H groups in total. The number of hydrogen-bond acceptors (Lipinski definition) is 3. The molecule has 0 aliphatic carbocycles. The van der Waals surface area contributed by atoms with Crippen molar-refractivity contribution in [2.45, 2.75) is 19.4 Å². The minimum Gasteiger partial charge on any atom is -0.393 e. The number of hydrogen-bond donors (Lipinski definition) is 0.